The first kappa shape index (κ1) is 21.9. The van der Waals surface area contributed by atoms with Gasteiger partial charge in [-0.25, -0.2) is 0 Å². The number of methoxy groups -OCH3 is 3. The summed E-state index contributed by atoms with van der Waals surface area (Å²) in [7, 11) is 4.36. The number of halogens is 1. The number of hydrogen-bond acceptors (Lipinski definition) is 7. The van der Waals surface area contributed by atoms with Crippen molar-refractivity contribution in [2.75, 3.05) is 47.6 Å². The van der Waals surface area contributed by atoms with Crippen LogP contribution in [0.4, 0.5) is 5.69 Å². The predicted octanol–water partition coefficient (Wildman–Crippen LogP) is 1.000. The normalized spacial score (nSPS) is 9.79. The lowest BCUT2D eigenvalue weighted by Gasteiger charge is -2.11. The van der Waals surface area contributed by atoms with Crippen LogP contribution in [-0.2, 0) is 4.74 Å². The second kappa shape index (κ2) is 11.4. The molecule has 24 heavy (non-hydrogen) atoms. The fraction of sp³-hybridized carbons (Fsp3) is 0.500. The second-order valence-corrected chi connectivity index (χ2v) is 4.48. The van der Waals surface area contributed by atoms with Crippen molar-refractivity contribution >= 4 is 24.0 Å². The van der Waals surface area contributed by atoms with Crippen LogP contribution in [0.15, 0.2) is 12.1 Å². The molecule has 0 aromatic heterocycles. The Bertz CT molecular complexity index is 556. The molecule has 10 heteroatoms. The largest absolute Gasteiger partial charge is 0.493 e. The minimum Gasteiger partial charge on any atom is -0.493 e. The molecular formula is C14H22ClN3O6. The molecule has 0 bridgehead atoms. The van der Waals surface area contributed by atoms with Crippen LogP contribution in [-0.4, -0.2) is 58.4 Å². The van der Waals surface area contributed by atoms with E-state index in [2.05, 4.69) is 10.6 Å². The smallest absolute Gasteiger partial charge is 0.286 e. The summed E-state index contributed by atoms with van der Waals surface area (Å²) in [5, 5.41) is 16.8. The summed E-state index contributed by atoms with van der Waals surface area (Å²) < 4.78 is 15.0. The Balaban J connectivity index is 0.00000529. The lowest BCUT2D eigenvalue weighted by Crippen LogP contribution is -2.33. The first-order valence-electron chi connectivity index (χ1n) is 6.93. The Labute approximate surface area is 146 Å². The lowest BCUT2D eigenvalue weighted by molar-refractivity contribution is -0.385. The summed E-state index contributed by atoms with van der Waals surface area (Å²) in [5.41, 5.74) is -0.419. The zero-order valence-corrected chi connectivity index (χ0v) is 14.6. The zero-order chi connectivity index (χ0) is 17.2. The van der Waals surface area contributed by atoms with Crippen LogP contribution in [0, 0.1) is 10.1 Å². The Morgan fingerprint density at radius 1 is 1.12 bits per heavy atom. The van der Waals surface area contributed by atoms with Crippen molar-refractivity contribution < 1.29 is 23.9 Å². The summed E-state index contributed by atoms with van der Waals surface area (Å²) in [6.45, 7) is 2.07. The van der Waals surface area contributed by atoms with Gasteiger partial charge in [-0.1, -0.05) is 0 Å². The molecule has 136 valence electrons. The molecule has 1 rings (SSSR count). The van der Waals surface area contributed by atoms with Crippen molar-refractivity contribution in [3.63, 3.8) is 0 Å². The molecule has 0 aliphatic rings. The van der Waals surface area contributed by atoms with Crippen LogP contribution in [0.1, 0.15) is 10.4 Å². The Morgan fingerprint density at radius 2 is 1.75 bits per heavy atom. The van der Waals surface area contributed by atoms with Crippen molar-refractivity contribution in [3.05, 3.63) is 27.8 Å². The van der Waals surface area contributed by atoms with Gasteiger partial charge in [0.1, 0.15) is 5.56 Å². The number of nitro benzene ring substituents is 1. The molecule has 0 heterocycles. The van der Waals surface area contributed by atoms with Crippen LogP contribution in [0.5, 0.6) is 11.5 Å². The number of benzene rings is 1. The molecule has 0 aliphatic heterocycles. The van der Waals surface area contributed by atoms with Gasteiger partial charge in [-0.3, -0.25) is 14.9 Å². The Hall–Kier alpha value is -2.10. The zero-order valence-electron chi connectivity index (χ0n) is 13.8. The van der Waals surface area contributed by atoms with E-state index in [-0.39, 0.29) is 35.2 Å². The van der Waals surface area contributed by atoms with Gasteiger partial charge in [0.15, 0.2) is 11.5 Å². The molecule has 0 fully saturated rings. The van der Waals surface area contributed by atoms with E-state index >= 15 is 0 Å². The quantitative estimate of drug-likeness (QED) is 0.362. The van der Waals surface area contributed by atoms with Crippen LogP contribution in [0.25, 0.3) is 0 Å². The summed E-state index contributed by atoms with van der Waals surface area (Å²) in [5.74, 6) is -0.107. The molecule has 0 saturated heterocycles. The van der Waals surface area contributed by atoms with Crippen molar-refractivity contribution in [2.24, 2.45) is 0 Å². The molecule has 0 atom stereocenters. The van der Waals surface area contributed by atoms with Crippen molar-refractivity contribution in [1.82, 2.24) is 10.6 Å². The maximum Gasteiger partial charge on any atom is 0.286 e. The number of ether oxygens (including phenoxy) is 3. The Kier molecular flexibility index (Phi) is 10.4. The molecule has 9 nitrogen and oxygen atoms in total. The number of hydrogen-bond donors (Lipinski definition) is 2. The van der Waals surface area contributed by atoms with Crippen LogP contribution in [0.3, 0.4) is 0 Å². The first-order valence-corrected chi connectivity index (χ1v) is 6.93. The third-order valence-corrected chi connectivity index (χ3v) is 3.01. The average molecular weight is 364 g/mol. The fourth-order valence-electron chi connectivity index (χ4n) is 1.86. The van der Waals surface area contributed by atoms with Gasteiger partial charge in [0, 0.05) is 32.8 Å². The number of carbonyl (C=O) groups excluding carboxylic acids is 1. The maximum atomic E-state index is 12.2. The third-order valence-electron chi connectivity index (χ3n) is 3.01. The number of nitrogens with zero attached hydrogens (tertiary/aromatic N) is 1. The van der Waals surface area contributed by atoms with Gasteiger partial charge in [-0.15, -0.1) is 12.4 Å². The lowest BCUT2D eigenvalue weighted by atomic mass is 10.1. The van der Waals surface area contributed by atoms with E-state index in [9.17, 15) is 14.9 Å². The minimum absolute atomic E-state index is 0. The van der Waals surface area contributed by atoms with Crippen molar-refractivity contribution in [1.29, 1.82) is 0 Å². The molecule has 1 amide bonds. The summed E-state index contributed by atoms with van der Waals surface area (Å²) in [4.78, 5) is 22.7. The van der Waals surface area contributed by atoms with E-state index in [4.69, 9.17) is 14.2 Å². The molecule has 0 aliphatic carbocycles. The van der Waals surface area contributed by atoms with Gasteiger partial charge >= 0.3 is 0 Å². The van der Waals surface area contributed by atoms with Crippen molar-refractivity contribution in [3.8, 4) is 11.5 Å². The highest BCUT2D eigenvalue weighted by Crippen LogP contribution is 2.34. The Morgan fingerprint density at radius 3 is 2.29 bits per heavy atom. The fourth-order valence-corrected chi connectivity index (χ4v) is 1.86. The highest BCUT2D eigenvalue weighted by molar-refractivity contribution is 5.99. The number of carbonyl (C=O) groups is 1. The van der Waals surface area contributed by atoms with Gasteiger partial charge in [0.2, 0.25) is 0 Å². The molecule has 0 unspecified atom stereocenters. The number of nitrogens with one attached hydrogen (secondary N) is 2. The van der Waals surface area contributed by atoms with Crippen LogP contribution in [0.2, 0.25) is 0 Å². The van der Waals surface area contributed by atoms with E-state index < -0.39 is 10.8 Å². The van der Waals surface area contributed by atoms with Crippen LogP contribution < -0.4 is 20.1 Å². The molecule has 0 radical (unpaired) electrons. The monoisotopic (exact) mass is 363 g/mol. The molecule has 2 N–H and O–H groups in total. The number of amides is 1. The third kappa shape index (κ3) is 6.19. The molecular weight excluding hydrogens is 342 g/mol. The van der Waals surface area contributed by atoms with Gasteiger partial charge in [-0.2, -0.15) is 0 Å². The summed E-state index contributed by atoms with van der Waals surface area (Å²) >= 11 is 0. The standard InChI is InChI=1S/C14H21N3O6.ClH/c1-21-7-6-15-4-5-16-14(18)10-8-12(22-2)13(23-3)9-11(10)17(19)20;/h8-9,15H,4-7H2,1-3H3,(H,16,18);1H. The minimum atomic E-state index is -0.631. The molecule has 0 spiro atoms. The molecule has 1 aromatic rings. The van der Waals surface area contributed by atoms with E-state index in [1.165, 1.54) is 26.4 Å². The average Bonchev–Trinajstić information content (AvgIpc) is 2.56. The topological polar surface area (TPSA) is 112 Å². The van der Waals surface area contributed by atoms with Gasteiger partial charge in [0.25, 0.3) is 11.6 Å². The summed E-state index contributed by atoms with van der Waals surface area (Å²) in [6, 6.07) is 2.47. The predicted molar refractivity (Wildman–Crippen MR) is 90.5 cm³/mol. The number of rotatable bonds is 10. The number of nitro groups is 1. The highest BCUT2D eigenvalue weighted by atomic mass is 35.5. The molecule has 0 saturated carbocycles. The first-order chi connectivity index (χ1) is 11.0. The van der Waals surface area contributed by atoms with Crippen molar-refractivity contribution in [2.45, 2.75) is 0 Å². The highest BCUT2D eigenvalue weighted by Gasteiger charge is 2.24. The second-order valence-electron chi connectivity index (χ2n) is 4.48. The maximum absolute atomic E-state index is 12.2. The van der Waals surface area contributed by atoms with E-state index in [0.717, 1.165) is 0 Å². The van der Waals surface area contributed by atoms with Crippen LogP contribution >= 0.6 is 12.4 Å². The van der Waals surface area contributed by atoms with E-state index in [1.807, 2.05) is 0 Å². The SMILES string of the molecule is COCCNCCNC(=O)c1cc(OC)c(OC)cc1[N+](=O)[O-].Cl. The van der Waals surface area contributed by atoms with E-state index in [0.29, 0.717) is 26.2 Å². The van der Waals surface area contributed by atoms with Gasteiger partial charge in [-0.05, 0) is 0 Å². The molecule has 1 aromatic carbocycles. The van der Waals surface area contributed by atoms with Gasteiger partial charge in [0.05, 0.1) is 31.8 Å². The van der Waals surface area contributed by atoms with Gasteiger partial charge < -0.3 is 24.8 Å². The summed E-state index contributed by atoms with van der Waals surface area (Å²) in [6.07, 6.45) is 0. The van der Waals surface area contributed by atoms with E-state index in [1.54, 1.807) is 7.11 Å².